The molecule has 1 N–H and O–H groups in total. The molecule has 1 heterocycles. The highest BCUT2D eigenvalue weighted by Crippen LogP contribution is 2.31. The molecule has 0 saturated carbocycles. The second kappa shape index (κ2) is 8.27. The third kappa shape index (κ3) is 4.37. The van der Waals surface area contributed by atoms with Crippen molar-refractivity contribution in [3.05, 3.63) is 63.1 Å². The summed E-state index contributed by atoms with van der Waals surface area (Å²) in [4.78, 5) is 13.1. The van der Waals surface area contributed by atoms with Crippen molar-refractivity contribution in [2.24, 2.45) is 5.10 Å². The van der Waals surface area contributed by atoms with E-state index in [4.69, 9.17) is 34.8 Å². The van der Waals surface area contributed by atoms with Crippen LogP contribution in [0.1, 0.15) is 5.56 Å². The molecule has 0 aliphatic rings. The first-order valence-electron chi connectivity index (χ1n) is 7.33. The highest BCUT2D eigenvalue weighted by molar-refractivity contribution is 6.43. The van der Waals surface area contributed by atoms with Crippen LogP contribution in [0.2, 0.25) is 15.1 Å². The molecule has 0 fully saturated rings. The number of benzene rings is 2. The summed E-state index contributed by atoms with van der Waals surface area (Å²) in [6.45, 7) is -0.162. The van der Waals surface area contributed by atoms with Gasteiger partial charge in [0.1, 0.15) is 6.54 Å². The maximum Gasteiger partial charge on any atom is 0.263 e. The van der Waals surface area contributed by atoms with E-state index in [1.54, 1.807) is 36.4 Å². The molecule has 1 amide bonds. The smallest absolute Gasteiger partial charge is 0.263 e. The number of aromatic nitrogens is 4. The van der Waals surface area contributed by atoms with Gasteiger partial charge in [0.15, 0.2) is 0 Å². The number of carbonyl (C=O) groups is 1. The number of nitrogens with zero attached hydrogens (tertiary/aromatic N) is 5. The van der Waals surface area contributed by atoms with Gasteiger partial charge < -0.3 is 0 Å². The van der Waals surface area contributed by atoms with Gasteiger partial charge in [-0.2, -0.15) is 9.90 Å². The van der Waals surface area contributed by atoms with Crippen molar-refractivity contribution in [3.8, 4) is 11.4 Å². The normalized spacial score (nSPS) is 11.0. The number of tetrazole rings is 1. The number of hydrogen-bond acceptors (Lipinski definition) is 5. The number of amides is 1. The highest BCUT2D eigenvalue weighted by atomic mass is 35.5. The molecule has 132 valence electrons. The maximum absolute atomic E-state index is 11.9. The molecule has 0 atom stereocenters. The Hall–Kier alpha value is -2.48. The Kier molecular flexibility index (Phi) is 5.82. The summed E-state index contributed by atoms with van der Waals surface area (Å²) in [7, 11) is 0. The van der Waals surface area contributed by atoms with E-state index in [0.29, 0.717) is 26.2 Å². The molecule has 0 unspecified atom stereocenters. The summed E-state index contributed by atoms with van der Waals surface area (Å²) < 4.78 is 0. The molecule has 0 spiro atoms. The third-order valence-electron chi connectivity index (χ3n) is 3.23. The van der Waals surface area contributed by atoms with Crippen LogP contribution in [0.5, 0.6) is 0 Å². The van der Waals surface area contributed by atoms with E-state index in [0.717, 1.165) is 4.80 Å². The van der Waals surface area contributed by atoms with E-state index in [9.17, 15) is 4.79 Å². The average molecular weight is 410 g/mol. The molecule has 7 nitrogen and oxygen atoms in total. The van der Waals surface area contributed by atoms with Gasteiger partial charge in [0, 0.05) is 16.1 Å². The fraction of sp³-hybridized carbons (Fsp3) is 0.0625. The number of hydrazone groups is 1. The largest absolute Gasteiger partial charge is 0.271 e. The minimum atomic E-state index is -0.422. The molecule has 3 aromatic rings. The molecule has 3 rings (SSSR count). The molecule has 0 aliphatic heterocycles. The van der Waals surface area contributed by atoms with Crippen molar-refractivity contribution in [2.75, 3.05) is 0 Å². The predicted octanol–water partition coefficient (Wildman–Crippen LogP) is 3.45. The lowest BCUT2D eigenvalue weighted by molar-refractivity contribution is -0.122. The van der Waals surface area contributed by atoms with E-state index in [-0.39, 0.29) is 12.4 Å². The van der Waals surface area contributed by atoms with E-state index in [1.807, 2.05) is 6.07 Å². The zero-order chi connectivity index (χ0) is 18.5. The Bertz CT molecular complexity index is 972. The van der Waals surface area contributed by atoms with Gasteiger partial charge in [0.25, 0.3) is 5.91 Å². The summed E-state index contributed by atoms with van der Waals surface area (Å²) in [6, 6.07) is 12.2. The van der Waals surface area contributed by atoms with Gasteiger partial charge in [-0.1, -0.05) is 59.1 Å². The molecule has 0 saturated heterocycles. The van der Waals surface area contributed by atoms with Crippen molar-refractivity contribution in [2.45, 2.75) is 6.54 Å². The van der Waals surface area contributed by atoms with Crippen LogP contribution >= 0.6 is 34.8 Å². The summed E-state index contributed by atoms with van der Waals surface area (Å²) in [5.74, 6) is -0.153. The van der Waals surface area contributed by atoms with Crippen LogP contribution in [-0.4, -0.2) is 32.3 Å². The van der Waals surface area contributed by atoms with Crippen LogP contribution in [0.4, 0.5) is 0 Å². The number of hydrogen-bond donors (Lipinski definition) is 1. The minimum absolute atomic E-state index is 0.162. The first-order valence-corrected chi connectivity index (χ1v) is 8.46. The second-order valence-corrected chi connectivity index (χ2v) is 6.25. The molecular weight excluding hydrogens is 399 g/mol. The van der Waals surface area contributed by atoms with E-state index < -0.39 is 5.91 Å². The van der Waals surface area contributed by atoms with E-state index >= 15 is 0 Å². The van der Waals surface area contributed by atoms with Crippen LogP contribution in [-0.2, 0) is 11.3 Å². The van der Waals surface area contributed by atoms with Crippen molar-refractivity contribution in [1.82, 2.24) is 25.6 Å². The fourth-order valence-electron chi connectivity index (χ4n) is 2.01. The Morgan fingerprint density at radius 3 is 2.69 bits per heavy atom. The zero-order valence-electron chi connectivity index (χ0n) is 13.1. The molecular formula is C16H11Cl3N6O. The molecule has 0 aliphatic carbocycles. The Balaban J connectivity index is 1.63. The summed E-state index contributed by atoms with van der Waals surface area (Å²) in [6.07, 6.45) is 1.45. The van der Waals surface area contributed by atoms with Crippen LogP contribution in [0.25, 0.3) is 11.4 Å². The number of halogens is 3. The van der Waals surface area contributed by atoms with Crippen molar-refractivity contribution < 1.29 is 4.79 Å². The monoisotopic (exact) mass is 408 g/mol. The van der Waals surface area contributed by atoms with Crippen molar-refractivity contribution in [1.29, 1.82) is 0 Å². The lowest BCUT2D eigenvalue weighted by atomic mass is 10.2. The van der Waals surface area contributed by atoms with Gasteiger partial charge in [0.05, 0.1) is 16.3 Å². The summed E-state index contributed by atoms with van der Waals surface area (Å²) in [5.41, 5.74) is 3.59. The topological polar surface area (TPSA) is 85.1 Å². The first kappa shape index (κ1) is 18.3. The van der Waals surface area contributed by atoms with Gasteiger partial charge in [-0.3, -0.25) is 4.79 Å². The van der Waals surface area contributed by atoms with Crippen molar-refractivity contribution >= 4 is 46.9 Å². The Morgan fingerprint density at radius 1 is 1.12 bits per heavy atom. The van der Waals surface area contributed by atoms with Crippen LogP contribution in [0, 0.1) is 0 Å². The second-order valence-electron chi connectivity index (χ2n) is 5.06. The molecule has 0 radical (unpaired) electrons. The molecule has 2 aromatic carbocycles. The van der Waals surface area contributed by atoms with Gasteiger partial charge >= 0.3 is 0 Å². The lowest BCUT2D eigenvalue weighted by Gasteiger charge is -2.00. The molecule has 1 aromatic heterocycles. The molecule has 10 heteroatoms. The van der Waals surface area contributed by atoms with Crippen molar-refractivity contribution in [3.63, 3.8) is 0 Å². The molecule has 0 bridgehead atoms. The Labute approximate surface area is 163 Å². The van der Waals surface area contributed by atoms with E-state index in [1.165, 1.54) is 6.21 Å². The zero-order valence-corrected chi connectivity index (χ0v) is 15.4. The lowest BCUT2D eigenvalue weighted by Crippen LogP contribution is -2.24. The summed E-state index contributed by atoms with van der Waals surface area (Å²) in [5, 5.41) is 16.9. The summed E-state index contributed by atoms with van der Waals surface area (Å²) >= 11 is 18.1. The van der Waals surface area contributed by atoms with Crippen LogP contribution in [0.3, 0.4) is 0 Å². The molecule has 26 heavy (non-hydrogen) atoms. The average Bonchev–Trinajstić information content (AvgIpc) is 3.07. The van der Waals surface area contributed by atoms with Gasteiger partial charge in [-0.15, -0.1) is 10.2 Å². The first-order chi connectivity index (χ1) is 12.5. The maximum atomic E-state index is 11.9. The van der Waals surface area contributed by atoms with Gasteiger partial charge in [0.2, 0.25) is 5.82 Å². The SMILES string of the molecule is O=C(Cn1nnc(-c2cccc(Cl)c2Cl)n1)NN=Cc1ccccc1Cl. The number of nitrogens with one attached hydrogen (secondary N) is 1. The third-order valence-corrected chi connectivity index (χ3v) is 4.39. The highest BCUT2D eigenvalue weighted by Gasteiger charge is 2.13. The van der Waals surface area contributed by atoms with E-state index in [2.05, 4.69) is 25.9 Å². The van der Waals surface area contributed by atoms with Crippen LogP contribution < -0.4 is 5.43 Å². The fourth-order valence-corrected chi connectivity index (χ4v) is 2.58. The van der Waals surface area contributed by atoms with Gasteiger partial charge in [-0.05, 0) is 23.4 Å². The standard InChI is InChI=1S/C16H11Cl3N6O/c17-12-6-2-1-4-10(12)8-20-21-14(26)9-25-23-16(22-24-25)11-5-3-7-13(18)15(11)19/h1-8H,9H2,(H,21,26). The van der Waals surface area contributed by atoms with Gasteiger partial charge in [-0.25, -0.2) is 5.43 Å². The van der Waals surface area contributed by atoms with Crippen LogP contribution in [0.15, 0.2) is 47.6 Å². The number of rotatable bonds is 5. The predicted molar refractivity (Wildman–Crippen MR) is 100 cm³/mol. The minimum Gasteiger partial charge on any atom is -0.271 e. The number of carbonyl (C=O) groups excluding carboxylic acids is 1. The Morgan fingerprint density at radius 2 is 1.88 bits per heavy atom. The quantitative estimate of drug-likeness (QED) is 0.516.